The Labute approximate surface area is 126 Å². The van der Waals surface area contributed by atoms with Gasteiger partial charge < -0.3 is 10.2 Å². The van der Waals surface area contributed by atoms with E-state index in [-0.39, 0.29) is 12.3 Å². The maximum atomic E-state index is 12.9. The number of benzene rings is 1. The Hall–Kier alpha value is -2.44. The van der Waals surface area contributed by atoms with E-state index in [1.54, 1.807) is 4.90 Å². The van der Waals surface area contributed by atoms with Gasteiger partial charge in [0.2, 0.25) is 5.91 Å². The van der Waals surface area contributed by atoms with Crippen LogP contribution in [0.4, 0.5) is 14.9 Å². The normalized spacial score (nSPS) is 21.4. The molecule has 1 N–H and O–H groups in total. The molecule has 1 unspecified atom stereocenters. The average molecular weight is 305 g/mol. The maximum absolute atomic E-state index is 12.9. The Morgan fingerprint density at radius 3 is 2.45 bits per heavy atom. The van der Waals surface area contributed by atoms with E-state index in [9.17, 15) is 18.8 Å². The summed E-state index contributed by atoms with van der Waals surface area (Å²) in [7, 11) is 0. The highest BCUT2D eigenvalue weighted by Crippen LogP contribution is 2.21. The third kappa shape index (κ3) is 2.66. The van der Waals surface area contributed by atoms with Gasteiger partial charge in [0, 0.05) is 13.1 Å². The largest absolute Gasteiger partial charge is 0.343 e. The van der Waals surface area contributed by atoms with Crippen LogP contribution in [0.5, 0.6) is 0 Å². The minimum atomic E-state index is -0.856. The van der Waals surface area contributed by atoms with Crippen molar-refractivity contribution < 1.29 is 18.8 Å². The van der Waals surface area contributed by atoms with Gasteiger partial charge in [0.1, 0.15) is 11.9 Å². The molecule has 0 bridgehead atoms. The number of rotatable bonds is 3. The van der Waals surface area contributed by atoms with Crippen LogP contribution in [0.1, 0.15) is 19.3 Å². The van der Waals surface area contributed by atoms with E-state index in [4.69, 9.17) is 0 Å². The van der Waals surface area contributed by atoms with Gasteiger partial charge in [-0.05, 0) is 37.1 Å². The Morgan fingerprint density at radius 2 is 1.82 bits per heavy atom. The molecule has 7 heteroatoms. The highest BCUT2D eigenvalue weighted by Gasteiger charge is 2.40. The van der Waals surface area contributed by atoms with Crippen molar-refractivity contribution in [1.29, 1.82) is 0 Å². The van der Waals surface area contributed by atoms with Crippen molar-refractivity contribution in [2.75, 3.05) is 18.0 Å². The lowest BCUT2D eigenvalue weighted by Crippen LogP contribution is -2.37. The first kappa shape index (κ1) is 14.5. The summed E-state index contributed by atoms with van der Waals surface area (Å²) in [5.74, 6) is -1.06. The molecule has 0 radical (unpaired) electrons. The van der Waals surface area contributed by atoms with Crippen molar-refractivity contribution in [2.24, 2.45) is 0 Å². The zero-order chi connectivity index (χ0) is 15.7. The maximum Gasteiger partial charge on any atom is 0.329 e. The molecule has 2 saturated heterocycles. The number of hydrogen-bond donors (Lipinski definition) is 1. The van der Waals surface area contributed by atoms with Gasteiger partial charge in [-0.3, -0.25) is 9.59 Å². The van der Waals surface area contributed by atoms with E-state index >= 15 is 0 Å². The third-order valence-electron chi connectivity index (χ3n) is 3.94. The van der Waals surface area contributed by atoms with Gasteiger partial charge in [-0.15, -0.1) is 0 Å². The standard InChI is InChI=1S/C15H16FN3O3/c16-10-3-5-11(6-4-10)19-14(21)12(17-15(19)22)9-13(20)18-7-1-2-8-18/h3-6,12H,1-2,7-9H2,(H,17,22). The summed E-state index contributed by atoms with van der Waals surface area (Å²) in [5.41, 5.74) is 0.292. The molecular formula is C15H16FN3O3. The minimum absolute atomic E-state index is 0.0394. The van der Waals surface area contributed by atoms with Crippen molar-refractivity contribution in [3.05, 3.63) is 30.1 Å². The number of nitrogens with one attached hydrogen (secondary N) is 1. The summed E-state index contributed by atoms with van der Waals surface area (Å²) in [6.07, 6.45) is 1.90. The highest BCUT2D eigenvalue weighted by molar-refractivity contribution is 6.22. The Bertz CT molecular complexity index is 611. The van der Waals surface area contributed by atoms with Gasteiger partial charge >= 0.3 is 6.03 Å². The second-order valence-electron chi connectivity index (χ2n) is 5.44. The molecule has 1 aromatic rings. The van der Waals surface area contributed by atoms with Crippen LogP contribution in [-0.2, 0) is 9.59 Å². The van der Waals surface area contributed by atoms with E-state index in [2.05, 4.69) is 5.32 Å². The minimum Gasteiger partial charge on any atom is -0.343 e. The van der Waals surface area contributed by atoms with Crippen LogP contribution in [-0.4, -0.2) is 41.9 Å². The monoisotopic (exact) mass is 305 g/mol. The van der Waals surface area contributed by atoms with Crippen LogP contribution in [0.15, 0.2) is 24.3 Å². The molecular weight excluding hydrogens is 289 g/mol. The number of halogens is 1. The molecule has 1 atom stereocenters. The molecule has 6 nitrogen and oxygen atoms in total. The molecule has 2 aliphatic heterocycles. The van der Waals surface area contributed by atoms with Crippen LogP contribution in [0, 0.1) is 5.82 Å². The number of carbonyl (C=O) groups excluding carboxylic acids is 3. The molecule has 2 heterocycles. The Kier molecular flexibility index (Phi) is 3.79. The quantitative estimate of drug-likeness (QED) is 0.855. The van der Waals surface area contributed by atoms with Crippen molar-refractivity contribution in [3.8, 4) is 0 Å². The number of amides is 4. The highest BCUT2D eigenvalue weighted by atomic mass is 19.1. The van der Waals surface area contributed by atoms with E-state index < -0.39 is 23.8 Å². The predicted molar refractivity (Wildman–Crippen MR) is 76.6 cm³/mol. The van der Waals surface area contributed by atoms with Crippen molar-refractivity contribution in [3.63, 3.8) is 0 Å². The smallest absolute Gasteiger partial charge is 0.329 e. The fraction of sp³-hybridized carbons (Fsp3) is 0.400. The summed E-state index contributed by atoms with van der Waals surface area (Å²) in [4.78, 5) is 39.0. The molecule has 1 aromatic carbocycles. The summed E-state index contributed by atoms with van der Waals surface area (Å²) in [6, 6.07) is 3.63. The van der Waals surface area contributed by atoms with Crippen LogP contribution < -0.4 is 10.2 Å². The predicted octanol–water partition coefficient (Wildman–Crippen LogP) is 1.26. The summed E-state index contributed by atoms with van der Waals surface area (Å²) >= 11 is 0. The number of anilines is 1. The molecule has 0 saturated carbocycles. The number of carbonyl (C=O) groups is 3. The lowest BCUT2D eigenvalue weighted by atomic mass is 10.2. The molecule has 0 spiro atoms. The number of imide groups is 1. The molecule has 4 amide bonds. The van der Waals surface area contributed by atoms with Crippen LogP contribution in [0.25, 0.3) is 0 Å². The average Bonchev–Trinajstić information content (AvgIpc) is 3.10. The molecule has 2 fully saturated rings. The van der Waals surface area contributed by atoms with Gasteiger partial charge in [0.05, 0.1) is 12.1 Å². The van der Waals surface area contributed by atoms with Crippen molar-refractivity contribution >= 4 is 23.5 Å². The van der Waals surface area contributed by atoms with Crippen molar-refractivity contribution in [2.45, 2.75) is 25.3 Å². The van der Waals surface area contributed by atoms with Gasteiger partial charge in [-0.1, -0.05) is 0 Å². The summed E-state index contributed by atoms with van der Waals surface area (Å²) < 4.78 is 12.9. The Morgan fingerprint density at radius 1 is 1.18 bits per heavy atom. The number of nitrogens with zero attached hydrogens (tertiary/aromatic N) is 2. The van der Waals surface area contributed by atoms with Crippen LogP contribution in [0.3, 0.4) is 0 Å². The lowest BCUT2D eigenvalue weighted by Gasteiger charge is -2.17. The zero-order valence-electron chi connectivity index (χ0n) is 11.9. The second kappa shape index (κ2) is 5.75. The summed E-state index contributed by atoms with van der Waals surface area (Å²) in [5, 5.41) is 2.52. The first-order valence-corrected chi connectivity index (χ1v) is 7.24. The topological polar surface area (TPSA) is 69.7 Å². The first-order chi connectivity index (χ1) is 10.6. The van der Waals surface area contributed by atoms with E-state index in [0.29, 0.717) is 18.8 Å². The second-order valence-corrected chi connectivity index (χ2v) is 5.44. The van der Waals surface area contributed by atoms with Gasteiger partial charge in [-0.2, -0.15) is 0 Å². The molecule has 22 heavy (non-hydrogen) atoms. The lowest BCUT2D eigenvalue weighted by molar-refractivity contribution is -0.132. The zero-order valence-corrected chi connectivity index (χ0v) is 11.9. The van der Waals surface area contributed by atoms with Crippen LogP contribution in [0.2, 0.25) is 0 Å². The number of likely N-dealkylation sites (tertiary alicyclic amines) is 1. The number of urea groups is 1. The molecule has 3 rings (SSSR count). The molecule has 116 valence electrons. The molecule has 2 aliphatic rings. The molecule has 0 aromatic heterocycles. The first-order valence-electron chi connectivity index (χ1n) is 7.24. The van der Waals surface area contributed by atoms with Gasteiger partial charge in [0.15, 0.2) is 0 Å². The third-order valence-corrected chi connectivity index (χ3v) is 3.94. The SMILES string of the molecule is O=C(CC1NC(=O)N(c2ccc(F)cc2)C1=O)N1CCCC1. The van der Waals surface area contributed by atoms with Gasteiger partial charge in [0.25, 0.3) is 5.91 Å². The van der Waals surface area contributed by atoms with E-state index in [0.717, 1.165) is 17.7 Å². The van der Waals surface area contributed by atoms with Crippen molar-refractivity contribution in [1.82, 2.24) is 10.2 Å². The fourth-order valence-corrected chi connectivity index (χ4v) is 2.77. The molecule has 0 aliphatic carbocycles. The van der Waals surface area contributed by atoms with E-state index in [1.807, 2.05) is 0 Å². The summed E-state index contributed by atoms with van der Waals surface area (Å²) in [6.45, 7) is 1.41. The van der Waals surface area contributed by atoms with Crippen LogP contribution >= 0.6 is 0 Å². The number of hydrogen-bond acceptors (Lipinski definition) is 3. The van der Waals surface area contributed by atoms with E-state index in [1.165, 1.54) is 24.3 Å². The fourth-order valence-electron chi connectivity index (χ4n) is 2.77. The Balaban J connectivity index is 1.71. The van der Waals surface area contributed by atoms with Gasteiger partial charge in [-0.25, -0.2) is 14.1 Å².